The molecular weight excluding hydrogens is 582 g/mol. The van der Waals surface area contributed by atoms with Gasteiger partial charge in [0.15, 0.2) is 0 Å². The number of carbonyl (C=O) groups is 3. The van der Waals surface area contributed by atoms with Crippen LogP contribution in [0, 0.1) is 0 Å². The van der Waals surface area contributed by atoms with Crippen LogP contribution in [0.25, 0.3) is 0 Å². The lowest BCUT2D eigenvalue weighted by Gasteiger charge is -2.22. The number of rotatable bonds is 9. The van der Waals surface area contributed by atoms with Crippen LogP contribution in [0.5, 0.6) is 5.75 Å². The molecule has 0 heterocycles. The summed E-state index contributed by atoms with van der Waals surface area (Å²) in [5.74, 6) is -0.774. The number of methoxy groups -OCH3 is 1. The van der Waals surface area contributed by atoms with Crippen molar-refractivity contribution in [2.45, 2.75) is 49.5 Å². The Hall–Kier alpha value is -4.09. The molecule has 0 saturated heterocycles. The number of carboxylic acids is 1. The molecule has 1 saturated carbocycles. The Labute approximate surface area is 250 Å². The molecule has 1 fully saturated rings. The third-order valence-electron chi connectivity index (χ3n) is 6.53. The van der Waals surface area contributed by atoms with E-state index in [0.29, 0.717) is 34.9 Å². The molecule has 0 radical (unpaired) electrons. The van der Waals surface area contributed by atoms with E-state index in [9.17, 15) is 22.8 Å². The van der Waals surface area contributed by atoms with Crippen molar-refractivity contribution in [3.05, 3.63) is 94.5 Å². The number of halogens is 1. The maximum atomic E-state index is 12.5. The van der Waals surface area contributed by atoms with Crippen molar-refractivity contribution in [3.63, 3.8) is 0 Å². The van der Waals surface area contributed by atoms with Crippen LogP contribution in [0.3, 0.4) is 0 Å². The van der Waals surface area contributed by atoms with E-state index in [2.05, 4.69) is 15.4 Å². The maximum absolute atomic E-state index is 12.5. The van der Waals surface area contributed by atoms with E-state index in [-0.39, 0.29) is 16.8 Å². The van der Waals surface area contributed by atoms with Crippen molar-refractivity contribution >= 4 is 39.5 Å². The number of ether oxygens (including phenoxy) is 1. The predicted molar refractivity (Wildman–Crippen MR) is 160 cm³/mol. The smallest absolute Gasteiger partial charge is 0.335 e. The number of sulfonamides is 1. The van der Waals surface area contributed by atoms with E-state index in [1.54, 1.807) is 54.6 Å². The molecule has 3 amide bonds. The molecule has 3 aromatic carbocycles. The summed E-state index contributed by atoms with van der Waals surface area (Å²) in [6.07, 6.45) is 5.43. The van der Waals surface area contributed by atoms with Gasteiger partial charge in [0.2, 0.25) is 0 Å². The number of nitrogens with one attached hydrogen (secondary N) is 3. The molecule has 0 spiro atoms. The van der Waals surface area contributed by atoms with Gasteiger partial charge in [-0.15, -0.1) is 0 Å². The van der Waals surface area contributed by atoms with Gasteiger partial charge in [-0.3, -0.25) is 4.79 Å². The van der Waals surface area contributed by atoms with Crippen LogP contribution in [0.4, 0.5) is 4.79 Å². The van der Waals surface area contributed by atoms with Crippen molar-refractivity contribution < 1.29 is 32.6 Å². The van der Waals surface area contributed by atoms with Gasteiger partial charge in [-0.1, -0.05) is 61.2 Å². The van der Waals surface area contributed by atoms with Crippen LogP contribution in [-0.2, 0) is 16.4 Å². The molecule has 10 nitrogen and oxygen atoms in total. The third-order valence-corrected chi connectivity index (χ3v) is 8.11. The summed E-state index contributed by atoms with van der Waals surface area (Å²) < 4.78 is 32.2. The summed E-state index contributed by atoms with van der Waals surface area (Å²) in [7, 11) is -2.49. The SMILES string of the molecule is COc1ccc(Cl)cc1C(=O)NCCc1ccc(S(=O)(=O)NC(=O)NC2CCCCC2)cc1.O=C(O)c1ccccc1. The Bertz CT molecular complexity index is 1460. The Morgan fingerprint density at radius 3 is 2.21 bits per heavy atom. The largest absolute Gasteiger partial charge is 0.496 e. The average Bonchev–Trinajstić information content (AvgIpc) is 2.98. The average molecular weight is 616 g/mol. The number of aromatic carboxylic acids is 1. The summed E-state index contributed by atoms with van der Waals surface area (Å²) >= 11 is 5.96. The molecule has 12 heteroatoms. The second-order valence-electron chi connectivity index (χ2n) is 9.58. The van der Waals surface area contributed by atoms with Crippen LogP contribution in [0.2, 0.25) is 5.02 Å². The van der Waals surface area contributed by atoms with Crippen molar-refractivity contribution in [1.82, 2.24) is 15.4 Å². The van der Waals surface area contributed by atoms with Crippen LogP contribution < -0.4 is 20.1 Å². The lowest BCUT2D eigenvalue weighted by atomic mass is 9.96. The Balaban J connectivity index is 0.000000458. The minimum absolute atomic E-state index is 0.00209. The second-order valence-corrected chi connectivity index (χ2v) is 11.7. The lowest BCUT2D eigenvalue weighted by molar-refractivity contribution is 0.0696. The first-order chi connectivity index (χ1) is 20.1. The van der Waals surface area contributed by atoms with Crippen LogP contribution in [-0.4, -0.2) is 51.1 Å². The van der Waals surface area contributed by atoms with Gasteiger partial charge in [0.1, 0.15) is 5.75 Å². The molecule has 4 rings (SSSR count). The van der Waals surface area contributed by atoms with E-state index in [0.717, 1.165) is 37.7 Å². The van der Waals surface area contributed by atoms with Gasteiger partial charge < -0.3 is 20.5 Å². The van der Waals surface area contributed by atoms with Gasteiger partial charge >= 0.3 is 12.0 Å². The molecule has 4 N–H and O–H groups in total. The lowest BCUT2D eigenvalue weighted by Crippen LogP contribution is -2.45. The van der Waals surface area contributed by atoms with Crippen LogP contribution in [0.1, 0.15) is 58.4 Å². The van der Waals surface area contributed by atoms with Crippen molar-refractivity contribution in [2.24, 2.45) is 0 Å². The van der Waals surface area contributed by atoms with Gasteiger partial charge in [-0.05, 0) is 67.3 Å². The van der Waals surface area contributed by atoms with Gasteiger partial charge in [0, 0.05) is 17.6 Å². The predicted octanol–water partition coefficient (Wildman–Crippen LogP) is 5.03. The number of carbonyl (C=O) groups excluding carboxylic acids is 2. The summed E-state index contributed by atoms with van der Waals surface area (Å²) in [5, 5.41) is 14.3. The van der Waals surface area contributed by atoms with Gasteiger partial charge in [-0.2, -0.15) is 0 Å². The molecule has 224 valence electrons. The topological polar surface area (TPSA) is 151 Å². The summed E-state index contributed by atoms with van der Waals surface area (Å²) in [4.78, 5) is 34.7. The van der Waals surface area contributed by atoms with Crippen LogP contribution in [0.15, 0.2) is 77.7 Å². The minimum Gasteiger partial charge on any atom is -0.496 e. The Morgan fingerprint density at radius 1 is 0.952 bits per heavy atom. The van der Waals surface area contributed by atoms with Gasteiger partial charge in [0.25, 0.3) is 15.9 Å². The van der Waals surface area contributed by atoms with Crippen molar-refractivity contribution in [1.29, 1.82) is 0 Å². The number of benzene rings is 3. The number of amides is 3. The van der Waals surface area contributed by atoms with Crippen molar-refractivity contribution in [3.8, 4) is 5.75 Å². The number of hydrogen-bond acceptors (Lipinski definition) is 6. The molecule has 0 bridgehead atoms. The quantitative estimate of drug-likeness (QED) is 0.264. The zero-order valence-corrected chi connectivity index (χ0v) is 24.7. The third kappa shape index (κ3) is 10.1. The molecule has 0 unspecified atom stereocenters. The normalized spacial score (nSPS) is 13.2. The second kappa shape index (κ2) is 15.8. The first kappa shape index (κ1) is 32.4. The number of hydrogen-bond donors (Lipinski definition) is 4. The fourth-order valence-electron chi connectivity index (χ4n) is 4.33. The highest BCUT2D eigenvalue weighted by Gasteiger charge is 2.21. The highest BCUT2D eigenvalue weighted by atomic mass is 35.5. The molecular formula is C30H34ClN3O7S. The highest BCUT2D eigenvalue weighted by molar-refractivity contribution is 7.90. The maximum Gasteiger partial charge on any atom is 0.335 e. The monoisotopic (exact) mass is 615 g/mol. The van der Waals surface area contributed by atoms with E-state index < -0.39 is 22.0 Å². The van der Waals surface area contributed by atoms with E-state index in [4.69, 9.17) is 21.4 Å². The van der Waals surface area contributed by atoms with Gasteiger partial charge in [0.05, 0.1) is 23.1 Å². The summed E-state index contributed by atoms with van der Waals surface area (Å²) in [6.45, 7) is 0.336. The molecule has 0 atom stereocenters. The van der Waals surface area contributed by atoms with E-state index in [1.165, 1.54) is 25.3 Å². The zero-order valence-electron chi connectivity index (χ0n) is 23.1. The first-order valence-corrected chi connectivity index (χ1v) is 15.3. The molecule has 0 aliphatic heterocycles. The fraction of sp³-hybridized carbons (Fsp3) is 0.300. The van der Waals surface area contributed by atoms with Crippen molar-refractivity contribution in [2.75, 3.05) is 13.7 Å². The number of carboxylic acid groups (broad SMARTS) is 1. The standard InChI is InChI=1S/C23H28ClN3O5S.C7H6O2/c1-32-21-12-9-17(24)15-20(21)22(28)25-14-13-16-7-10-19(11-8-16)33(30,31)27-23(29)26-18-5-3-2-4-6-18;8-7(9)6-4-2-1-3-5-6/h7-12,15,18H,2-6,13-14H2,1H3,(H,25,28)(H2,26,27,29);1-5H,(H,8,9). The number of urea groups is 1. The van der Waals surface area contributed by atoms with Crippen LogP contribution >= 0.6 is 11.6 Å². The molecule has 1 aliphatic rings. The molecule has 42 heavy (non-hydrogen) atoms. The highest BCUT2D eigenvalue weighted by Crippen LogP contribution is 2.22. The Morgan fingerprint density at radius 2 is 1.62 bits per heavy atom. The minimum atomic E-state index is -3.97. The van der Waals surface area contributed by atoms with E-state index >= 15 is 0 Å². The summed E-state index contributed by atoms with van der Waals surface area (Å²) in [6, 6.07) is 18.6. The molecule has 1 aliphatic carbocycles. The van der Waals surface area contributed by atoms with E-state index in [1.807, 2.05) is 0 Å². The zero-order chi connectivity index (χ0) is 30.5. The Kier molecular flexibility index (Phi) is 12.2. The fourth-order valence-corrected chi connectivity index (χ4v) is 5.42. The molecule has 3 aromatic rings. The first-order valence-electron chi connectivity index (χ1n) is 13.4. The molecule has 0 aromatic heterocycles. The summed E-state index contributed by atoms with van der Waals surface area (Å²) in [5.41, 5.74) is 1.50. The van der Waals surface area contributed by atoms with Gasteiger partial charge in [-0.25, -0.2) is 22.7 Å².